The summed E-state index contributed by atoms with van der Waals surface area (Å²) in [7, 11) is 1.71. The number of likely N-dealkylation sites (N-methyl/N-ethyl adjacent to an activating group) is 1. The minimum Gasteiger partial charge on any atom is -0.477 e. The number of halogens is 1. The first-order valence-corrected chi connectivity index (χ1v) is 9.68. The topological polar surface area (TPSA) is 61.9 Å². The van der Waals surface area contributed by atoms with Crippen LogP contribution < -0.4 is 19.9 Å². The second-order valence-electron chi connectivity index (χ2n) is 6.68. The molecule has 2 aromatic rings. The number of hydrogen-bond acceptors (Lipinski definition) is 4. The number of nitrogens with zero attached hydrogens (tertiary/aromatic N) is 2. The molecule has 0 aromatic heterocycles. The molecule has 1 aliphatic heterocycles. The van der Waals surface area contributed by atoms with E-state index in [1.54, 1.807) is 30.1 Å². The highest BCUT2D eigenvalue weighted by Gasteiger charge is 2.32. The van der Waals surface area contributed by atoms with Crippen molar-refractivity contribution in [2.24, 2.45) is 0 Å². The third-order valence-corrected chi connectivity index (χ3v) is 4.83. The van der Waals surface area contributed by atoms with E-state index in [1.807, 2.05) is 42.2 Å². The van der Waals surface area contributed by atoms with E-state index in [2.05, 4.69) is 5.32 Å². The van der Waals surface area contributed by atoms with Crippen LogP contribution in [0.4, 0.5) is 11.4 Å². The molecule has 1 unspecified atom stereocenters. The van der Waals surface area contributed by atoms with Crippen molar-refractivity contribution in [3.05, 3.63) is 53.6 Å². The molecule has 0 radical (unpaired) electrons. The van der Waals surface area contributed by atoms with Crippen LogP contribution in [-0.4, -0.2) is 44.6 Å². The number of para-hydroxylation sites is 2. The first-order valence-electron chi connectivity index (χ1n) is 9.30. The van der Waals surface area contributed by atoms with E-state index in [4.69, 9.17) is 16.3 Å². The number of amides is 2. The maximum Gasteiger partial charge on any atom is 0.262 e. The lowest BCUT2D eigenvalue weighted by Gasteiger charge is -2.36. The smallest absolute Gasteiger partial charge is 0.262 e. The molecule has 28 heavy (non-hydrogen) atoms. The van der Waals surface area contributed by atoms with Gasteiger partial charge in [-0.1, -0.05) is 36.7 Å². The van der Waals surface area contributed by atoms with Crippen LogP contribution in [0.25, 0.3) is 0 Å². The quantitative estimate of drug-likeness (QED) is 0.808. The zero-order valence-corrected chi connectivity index (χ0v) is 16.8. The summed E-state index contributed by atoms with van der Waals surface area (Å²) in [4.78, 5) is 28.8. The molecule has 1 aliphatic rings. The number of fused-ring (bicyclic) bond motifs is 1. The van der Waals surface area contributed by atoms with Gasteiger partial charge in [0.1, 0.15) is 5.75 Å². The van der Waals surface area contributed by atoms with Gasteiger partial charge in [-0.2, -0.15) is 0 Å². The second kappa shape index (κ2) is 8.97. The lowest BCUT2D eigenvalue weighted by molar-refractivity contribution is -0.128. The molecule has 148 valence electrons. The molecule has 0 saturated heterocycles. The molecule has 0 spiro atoms. The molecule has 3 rings (SSSR count). The van der Waals surface area contributed by atoms with Gasteiger partial charge in [-0.15, -0.1) is 0 Å². The average molecular weight is 402 g/mol. The second-order valence-corrected chi connectivity index (χ2v) is 7.11. The first kappa shape index (κ1) is 20.0. The van der Waals surface area contributed by atoms with Crippen molar-refractivity contribution in [1.82, 2.24) is 5.32 Å². The average Bonchev–Trinajstić information content (AvgIpc) is 2.71. The highest BCUT2D eigenvalue weighted by Crippen LogP contribution is 2.33. The molecule has 0 bridgehead atoms. The Hall–Kier alpha value is -2.73. The Labute approximate surface area is 170 Å². The summed E-state index contributed by atoms with van der Waals surface area (Å²) in [5.41, 5.74) is 1.52. The molecule has 1 atom stereocenters. The fourth-order valence-corrected chi connectivity index (χ4v) is 3.24. The van der Waals surface area contributed by atoms with Gasteiger partial charge in [0.05, 0.1) is 18.8 Å². The molecule has 1 heterocycles. The van der Waals surface area contributed by atoms with Crippen LogP contribution in [0.3, 0.4) is 0 Å². The van der Waals surface area contributed by atoms with Gasteiger partial charge < -0.3 is 19.9 Å². The molecule has 6 nitrogen and oxygen atoms in total. The van der Waals surface area contributed by atoms with Gasteiger partial charge in [0.25, 0.3) is 5.91 Å². The SMILES string of the molecule is CCCNC(=O)C1CN(CC(=O)N(C)c2cccc(Cl)c2)c2ccccc2O1. The van der Waals surface area contributed by atoms with Crippen molar-refractivity contribution in [2.45, 2.75) is 19.4 Å². The summed E-state index contributed by atoms with van der Waals surface area (Å²) in [5, 5.41) is 3.43. The normalized spacial score (nSPS) is 15.4. The summed E-state index contributed by atoms with van der Waals surface area (Å²) in [6.45, 7) is 3.02. The predicted octanol–water partition coefficient (Wildman–Crippen LogP) is 3.10. The molecule has 0 aliphatic carbocycles. The zero-order chi connectivity index (χ0) is 20.1. The third-order valence-electron chi connectivity index (χ3n) is 4.60. The van der Waals surface area contributed by atoms with Gasteiger partial charge in [-0.05, 0) is 36.8 Å². The van der Waals surface area contributed by atoms with Gasteiger partial charge in [0.15, 0.2) is 6.10 Å². The van der Waals surface area contributed by atoms with Crippen LogP contribution in [0.5, 0.6) is 5.75 Å². The Bertz CT molecular complexity index is 858. The third kappa shape index (κ3) is 4.57. The van der Waals surface area contributed by atoms with E-state index in [0.717, 1.165) is 17.8 Å². The number of hydrogen-bond donors (Lipinski definition) is 1. The summed E-state index contributed by atoms with van der Waals surface area (Å²) >= 11 is 6.04. The number of nitrogens with one attached hydrogen (secondary N) is 1. The summed E-state index contributed by atoms with van der Waals surface area (Å²) in [5.74, 6) is 0.326. The first-order chi connectivity index (χ1) is 13.5. The van der Waals surface area contributed by atoms with E-state index in [9.17, 15) is 9.59 Å². The highest BCUT2D eigenvalue weighted by molar-refractivity contribution is 6.30. The Morgan fingerprint density at radius 3 is 2.79 bits per heavy atom. The van der Waals surface area contributed by atoms with E-state index in [-0.39, 0.29) is 18.4 Å². The van der Waals surface area contributed by atoms with E-state index < -0.39 is 6.10 Å². The van der Waals surface area contributed by atoms with Crippen LogP contribution in [0.1, 0.15) is 13.3 Å². The Balaban J connectivity index is 1.77. The van der Waals surface area contributed by atoms with Crippen LogP contribution in [0.15, 0.2) is 48.5 Å². The van der Waals surface area contributed by atoms with Gasteiger partial charge in [0, 0.05) is 24.3 Å². The number of ether oxygens (including phenoxy) is 1. The molecule has 0 fully saturated rings. The molecular weight excluding hydrogens is 378 g/mol. The van der Waals surface area contributed by atoms with E-state index >= 15 is 0 Å². The molecule has 0 saturated carbocycles. The minimum absolute atomic E-state index is 0.105. The molecule has 1 N–H and O–H groups in total. The number of rotatable bonds is 6. The Morgan fingerprint density at radius 1 is 1.25 bits per heavy atom. The minimum atomic E-state index is -0.661. The predicted molar refractivity (Wildman–Crippen MR) is 111 cm³/mol. The Morgan fingerprint density at radius 2 is 2.04 bits per heavy atom. The lowest BCUT2D eigenvalue weighted by atomic mass is 10.1. The molecular formula is C21H24ClN3O3. The van der Waals surface area contributed by atoms with Crippen LogP contribution in [-0.2, 0) is 9.59 Å². The largest absolute Gasteiger partial charge is 0.477 e. The number of carbonyl (C=O) groups excluding carboxylic acids is 2. The zero-order valence-electron chi connectivity index (χ0n) is 16.0. The van der Waals surface area contributed by atoms with Crippen molar-refractivity contribution in [1.29, 1.82) is 0 Å². The van der Waals surface area contributed by atoms with Crippen molar-refractivity contribution < 1.29 is 14.3 Å². The van der Waals surface area contributed by atoms with Crippen LogP contribution in [0, 0.1) is 0 Å². The van der Waals surface area contributed by atoms with Crippen LogP contribution >= 0.6 is 11.6 Å². The van der Waals surface area contributed by atoms with Crippen molar-refractivity contribution >= 4 is 34.8 Å². The van der Waals surface area contributed by atoms with Crippen molar-refractivity contribution in [3.8, 4) is 5.75 Å². The van der Waals surface area contributed by atoms with Gasteiger partial charge in [-0.3, -0.25) is 9.59 Å². The standard InChI is InChI=1S/C21H24ClN3O3/c1-3-11-23-21(27)19-13-25(17-9-4-5-10-18(17)28-19)14-20(26)24(2)16-8-6-7-15(22)12-16/h4-10,12,19H,3,11,13-14H2,1-2H3,(H,23,27). The number of carbonyl (C=O) groups is 2. The number of benzene rings is 2. The molecule has 7 heteroatoms. The monoisotopic (exact) mass is 401 g/mol. The van der Waals surface area contributed by atoms with Crippen molar-refractivity contribution in [2.75, 3.05) is 36.5 Å². The maximum absolute atomic E-state index is 12.9. The van der Waals surface area contributed by atoms with Gasteiger partial charge in [0.2, 0.25) is 5.91 Å². The maximum atomic E-state index is 12.9. The summed E-state index contributed by atoms with van der Waals surface area (Å²) < 4.78 is 5.87. The fourth-order valence-electron chi connectivity index (χ4n) is 3.05. The van der Waals surface area contributed by atoms with E-state index in [1.165, 1.54) is 0 Å². The fraction of sp³-hybridized carbons (Fsp3) is 0.333. The summed E-state index contributed by atoms with van der Waals surface area (Å²) in [6.07, 6.45) is 0.188. The van der Waals surface area contributed by atoms with E-state index in [0.29, 0.717) is 23.9 Å². The van der Waals surface area contributed by atoms with Crippen LogP contribution in [0.2, 0.25) is 5.02 Å². The lowest BCUT2D eigenvalue weighted by Crippen LogP contribution is -2.51. The van der Waals surface area contributed by atoms with Gasteiger partial charge >= 0.3 is 0 Å². The molecule has 2 amide bonds. The Kier molecular flexibility index (Phi) is 6.41. The summed E-state index contributed by atoms with van der Waals surface area (Å²) in [6, 6.07) is 14.6. The number of anilines is 2. The highest BCUT2D eigenvalue weighted by atomic mass is 35.5. The molecule has 2 aromatic carbocycles. The van der Waals surface area contributed by atoms with Gasteiger partial charge in [-0.25, -0.2) is 0 Å². The van der Waals surface area contributed by atoms with Crippen molar-refractivity contribution in [3.63, 3.8) is 0 Å².